The molecule has 1 unspecified atom stereocenters. The van der Waals surface area contributed by atoms with Gasteiger partial charge in [-0.2, -0.15) is 0 Å². The molecule has 0 amide bonds. The smallest absolute Gasteiger partial charge is 0.335 e. The number of rotatable bonds is 4. The van der Waals surface area contributed by atoms with Gasteiger partial charge in [0.2, 0.25) is 0 Å². The Balaban J connectivity index is 2.42. The monoisotopic (exact) mass is 302 g/mol. The molecule has 1 atom stereocenters. The van der Waals surface area contributed by atoms with E-state index in [0.29, 0.717) is 5.57 Å². The van der Waals surface area contributed by atoms with E-state index in [1.807, 2.05) is 25.1 Å². The van der Waals surface area contributed by atoms with Gasteiger partial charge < -0.3 is 9.47 Å². The minimum Gasteiger partial charge on any atom is -0.462 e. The highest BCUT2D eigenvalue weighted by atomic mass is 16.5. The van der Waals surface area contributed by atoms with Crippen LogP contribution in [0.1, 0.15) is 50.3 Å². The summed E-state index contributed by atoms with van der Waals surface area (Å²) < 4.78 is 10.6. The molecular weight excluding hydrogens is 280 g/mol. The van der Waals surface area contributed by atoms with Gasteiger partial charge in [-0.15, -0.1) is 0 Å². The molecule has 0 heterocycles. The van der Waals surface area contributed by atoms with Crippen LogP contribution in [0.2, 0.25) is 0 Å². The summed E-state index contributed by atoms with van der Waals surface area (Å²) in [4.78, 5) is 24.8. The molecule has 0 fully saturated rings. The van der Waals surface area contributed by atoms with Gasteiger partial charge in [0, 0.05) is 0 Å². The quantitative estimate of drug-likeness (QED) is 0.800. The van der Waals surface area contributed by atoms with Gasteiger partial charge in [0.1, 0.15) is 5.92 Å². The fourth-order valence-corrected chi connectivity index (χ4v) is 2.57. The van der Waals surface area contributed by atoms with E-state index in [0.717, 1.165) is 16.7 Å². The molecule has 4 heteroatoms. The minimum absolute atomic E-state index is 0.233. The van der Waals surface area contributed by atoms with Gasteiger partial charge in [0.25, 0.3) is 0 Å². The molecule has 1 aliphatic rings. The van der Waals surface area contributed by atoms with Crippen LogP contribution >= 0.6 is 0 Å². The van der Waals surface area contributed by atoms with Crippen molar-refractivity contribution in [1.29, 1.82) is 0 Å². The van der Waals surface area contributed by atoms with Gasteiger partial charge in [0.15, 0.2) is 0 Å². The zero-order valence-corrected chi connectivity index (χ0v) is 13.7. The summed E-state index contributed by atoms with van der Waals surface area (Å²) >= 11 is 0. The Morgan fingerprint density at radius 3 is 2.27 bits per heavy atom. The van der Waals surface area contributed by atoms with Crippen LogP contribution in [0.4, 0.5) is 0 Å². The van der Waals surface area contributed by atoms with E-state index in [1.165, 1.54) is 0 Å². The van der Waals surface area contributed by atoms with E-state index in [4.69, 9.17) is 9.47 Å². The summed E-state index contributed by atoms with van der Waals surface area (Å²) in [6.07, 6.45) is 1.28. The number of carbonyl (C=O) groups is 2. The second-order valence-electron chi connectivity index (χ2n) is 6.05. The maximum absolute atomic E-state index is 12.5. The highest BCUT2D eigenvalue weighted by Crippen LogP contribution is 2.39. The molecule has 0 N–H and O–H groups in total. The second-order valence-corrected chi connectivity index (χ2v) is 6.05. The molecule has 0 aromatic heterocycles. The number of aryl methyl sites for hydroxylation is 1. The second kappa shape index (κ2) is 6.34. The van der Waals surface area contributed by atoms with Crippen molar-refractivity contribution in [1.82, 2.24) is 0 Å². The van der Waals surface area contributed by atoms with Gasteiger partial charge in [-0.3, -0.25) is 4.79 Å². The summed E-state index contributed by atoms with van der Waals surface area (Å²) in [7, 11) is 0. The Kier molecular flexibility index (Phi) is 4.69. The van der Waals surface area contributed by atoms with Crippen molar-refractivity contribution in [2.24, 2.45) is 0 Å². The summed E-state index contributed by atoms with van der Waals surface area (Å²) in [5, 5.41) is 0. The lowest BCUT2D eigenvalue weighted by molar-refractivity contribution is -0.151. The third-order valence-electron chi connectivity index (χ3n) is 3.45. The molecule has 0 spiro atoms. The van der Waals surface area contributed by atoms with Crippen LogP contribution in [0.25, 0.3) is 6.08 Å². The van der Waals surface area contributed by atoms with Crippen molar-refractivity contribution in [3.63, 3.8) is 0 Å². The molecule has 118 valence electrons. The van der Waals surface area contributed by atoms with E-state index in [9.17, 15) is 9.59 Å². The molecule has 0 saturated heterocycles. The van der Waals surface area contributed by atoms with Crippen molar-refractivity contribution in [3.05, 3.63) is 40.5 Å². The average molecular weight is 302 g/mol. The third kappa shape index (κ3) is 3.21. The first kappa shape index (κ1) is 16.3. The Bertz CT molecular complexity index is 626. The highest BCUT2D eigenvalue weighted by Gasteiger charge is 2.38. The van der Waals surface area contributed by atoms with Crippen LogP contribution in [0.5, 0.6) is 0 Å². The molecule has 0 aliphatic heterocycles. The first-order valence-electron chi connectivity index (χ1n) is 7.53. The molecule has 1 aliphatic carbocycles. The van der Waals surface area contributed by atoms with E-state index >= 15 is 0 Å². The minimum atomic E-state index is -0.705. The summed E-state index contributed by atoms with van der Waals surface area (Å²) in [5.74, 6) is -1.58. The van der Waals surface area contributed by atoms with E-state index < -0.39 is 17.9 Å². The van der Waals surface area contributed by atoms with Crippen LogP contribution in [-0.4, -0.2) is 24.1 Å². The highest BCUT2D eigenvalue weighted by molar-refractivity contribution is 6.06. The lowest BCUT2D eigenvalue weighted by Crippen LogP contribution is -2.24. The van der Waals surface area contributed by atoms with Gasteiger partial charge in [-0.25, -0.2) is 4.79 Å². The first-order valence-corrected chi connectivity index (χ1v) is 7.53. The van der Waals surface area contributed by atoms with E-state index in [2.05, 4.69) is 0 Å². The van der Waals surface area contributed by atoms with Crippen LogP contribution in [0.3, 0.4) is 0 Å². The van der Waals surface area contributed by atoms with Gasteiger partial charge in [0.05, 0.1) is 17.8 Å². The molecule has 0 saturated carbocycles. The van der Waals surface area contributed by atoms with Crippen molar-refractivity contribution < 1.29 is 19.1 Å². The van der Waals surface area contributed by atoms with Gasteiger partial charge in [-0.05, 0) is 57.4 Å². The summed E-state index contributed by atoms with van der Waals surface area (Å²) in [5.41, 5.74) is 3.08. The Morgan fingerprint density at radius 2 is 1.68 bits per heavy atom. The Morgan fingerprint density at radius 1 is 1.05 bits per heavy atom. The van der Waals surface area contributed by atoms with E-state index in [-0.39, 0.29) is 12.2 Å². The van der Waals surface area contributed by atoms with Crippen molar-refractivity contribution >= 4 is 18.0 Å². The molecule has 1 aromatic carbocycles. The first-order chi connectivity index (χ1) is 10.3. The maximum atomic E-state index is 12.5. The topological polar surface area (TPSA) is 52.6 Å². The molecule has 0 bridgehead atoms. The van der Waals surface area contributed by atoms with Gasteiger partial charge in [-0.1, -0.05) is 18.2 Å². The number of hydrogen-bond donors (Lipinski definition) is 0. The normalized spacial score (nSPS) is 16.5. The molecule has 2 rings (SSSR count). The third-order valence-corrected chi connectivity index (χ3v) is 3.45. The number of ether oxygens (including phenoxy) is 2. The Labute approximate surface area is 131 Å². The number of esters is 2. The zero-order chi connectivity index (χ0) is 16.4. The molecule has 0 radical (unpaired) electrons. The predicted octanol–water partition coefficient (Wildman–Crippen LogP) is 3.38. The number of hydrogen-bond acceptors (Lipinski definition) is 4. The zero-order valence-electron chi connectivity index (χ0n) is 13.7. The summed E-state index contributed by atoms with van der Waals surface area (Å²) in [6.45, 7) is 9.11. The van der Waals surface area contributed by atoms with Crippen LogP contribution in [0, 0.1) is 6.92 Å². The maximum Gasteiger partial charge on any atom is 0.335 e. The molecular formula is C18H22O4. The number of fused-ring (bicyclic) bond motifs is 1. The van der Waals surface area contributed by atoms with E-state index in [1.54, 1.807) is 33.8 Å². The SMILES string of the molecule is Cc1cccc2c1C=C(C(=O)OC(C)C)C2C(=O)OC(C)C. The largest absolute Gasteiger partial charge is 0.462 e. The standard InChI is InChI=1S/C18H22O4/c1-10(2)21-17(19)15-9-14-12(5)7-6-8-13(14)16(15)18(20)22-11(3)4/h6-11,16H,1-5H3. The number of carbonyl (C=O) groups excluding carboxylic acids is 2. The van der Waals surface area contributed by atoms with Crippen molar-refractivity contribution in [2.75, 3.05) is 0 Å². The van der Waals surface area contributed by atoms with Crippen LogP contribution in [-0.2, 0) is 19.1 Å². The molecule has 22 heavy (non-hydrogen) atoms. The predicted molar refractivity (Wildman–Crippen MR) is 84.4 cm³/mol. The molecule has 4 nitrogen and oxygen atoms in total. The van der Waals surface area contributed by atoms with Crippen molar-refractivity contribution in [3.8, 4) is 0 Å². The van der Waals surface area contributed by atoms with Crippen LogP contribution < -0.4 is 0 Å². The lowest BCUT2D eigenvalue weighted by atomic mass is 9.94. The van der Waals surface area contributed by atoms with Crippen LogP contribution in [0.15, 0.2) is 23.8 Å². The fourth-order valence-electron chi connectivity index (χ4n) is 2.57. The Hall–Kier alpha value is -2.10. The lowest BCUT2D eigenvalue weighted by Gasteiger charge is -2.18. The molecule has 1 aromatic rings. The average Bonchev–Trinajstić information content (AvgIpc) is 2.78. The summed E-state index contributed by atoms with van der Waals surface area (Å²) in [6, 6.07) is 5.70. The van der Waals surface area contributed by atoms with Crippen molar-refractivity contribution in [2.45, 2.75) is 52.7 Å². The fraction of sp³-hybridized carbons (Fsp3) is 0.444. The van der Waals surface area contributed by atoms with Gasteiger partial charge >= 0.3 is 11.9 Å². The number of benzene rings is 1.